The molecule has 1 aromatic heterocycles. The Kier molecular flexibility index (Phi) is 4.18. The quantitative estimate of drug-likeness (QED) is 0.827. The lowest BCUT2D eigenvalue weighted by molar-refractivity contribution is 0.104. The van der Waals surface area contributed by atoms with Crippen LogP contribution in [0.25, 0.3) is 0 Å². The molecule has 0 N–H and O–H groups in total. The molecule has 0 unspecified atom stereocenters. The highest BCUT2D eigenvalue weighted by molar-refractivity contribution is 6.31. The van der Waals surface area contributed by atoms with Gasteiger partial charge in [-0.2, -0.15) is 0 Å². The summed E-state index contributed by atoms with van der Waals surface area (Å²) in [6.45, 7) is 7.77. The molecule has 0 bridgehead atoms. The van der Waals surface area contributed by atoms with E-state index in [1.807, 2.05) is 6.92 Å². The molecule has 0 spiro atoms. The third kappa shape index (κ3) is 2.87. The highest BCUT2D eigenvalue weighted by Gasteiger charge is 2.31. The first-order valence-electron chi connectivity index (χ1n) is 6.01. The number of hydrogen-bond acceptors (Lipinski definition) is 4. The second kappa shape index (κ2) is 5.65. The number of hydrogen-bond donors (Lipinski definition) is 0. The van der Waals surface area contributed by atoms with Gasteiger partial charge < -0.3 is 9.64 Å². The third-order valence-electron chi connectivity index (χ3n) is 3.24. The normalized spacial score (nSPS) is 24.3. The molecule has 1 aliphatic heterocycles. The Morgan fingerprint density at radius 2 is 2.18 bits per heavy atom. The van der Waals surface area contributed by atoms with Gasteiger partial charge in [0.25, 0.3) is 0 Å². The maximum absolute atomic E-state index is 6.06. The molecule has 0 aliphatic carbocycles. The van der Waals surface area contributed by atoms with Gasteiger partial charge in [0.1, 0.15) is 0 Å². The summed E-state index contributed by atoms with van der Waals surface area (Å²) in [4.78, 5) is 10.6. The Hall–Kier alpha value is -0.870. The Morgan fingerprint density at radius 1 is 1.41 bits per heavy atom. The fourth-order valence-corrected chi connectivity index (χ4v) is 2.44. The molecule has 0 amide bonds. The summed E-state index contributed by atoms with van der Waals surface area (Å²) in [6.07, 6.45) is 3.30. The second-order valence-electron chi connectivity index (χ2n) is 4.47. The van der Waals surface area contributed by atoms with Gasteiger partial charge in [0.2, 0.25) is 0 Å². The van der Waals surface area contributed by atoms with Crippen LogP contribution in [0.3, 0.4) is 0 Å². The Bertz CT molecular complexity index is 375. The lowest BCUT2D eigenvalue weighted by atomic mass is 9.99. The largest absolute Gasteiger partial charge is 0.381 e. The molecule has 2 heterocycles. The summed E-state index contributed by atoms with van der Waals surface area (Å²) < 4.78 is 5.51. The minimum atomic E-state index is 0.483. The molecule has 94 valence electrons. The molecule has 2 atom stereocenters. The van der Waals surface area contributed by atoms with E-state index in [0.29, 0.717) is 17.0 Å². The van der Waals surface area contributed by atoms with E-state index in [4.69, 9.17) is 16.3 Å². The van der Waals surface area contributed by atoms with E-state index in [1.165, 1.54) is 0 Å². The van der Waals surface area contributed by atoms with Crippen molar-refractivity contribution in [2.75, 3.05) is 31.2 Å². The van der Waals surface area contributed by atoms with Gasteiger partial charge in [0.15, 0.2) is 11.0 Å². The highest BCUT2D eigenvalue weighted by atomic mass is 35.5. The van der Waals surface area contributed by atoms with Gasteiger partial charge in [0, 0.05) is 38.0 Å². The number of aromatic nitrogens is 2. The summed E-state index contributed by atoms with van der Waals surface area (Å²) in [6, 6.07) is 0. The van der Waals surface area contributed by atoms with E-state index >= 15 is 0 Å². The molecule has 4 nitrogen and oxygen atoms in total. The van der Waals surface area contributed by atoms with Crippen molar-refractivity contribution in [1.82, 2.24) is 9.97 Å². The van der Waals surface area contributed by atoms with Gasteiger partial charge in [-0.25, -0.2) is 9.97 Å². The zero-order chi connectivity index (χ0) is 12.3. The Morgan fingerprint density at radius 3 is 2.88 bits per heavy atom. The molecule has 17 heavy (non-hydrogen) atoms. The molecule has 1 aliphatic rings. The number of halogens is 1. The fourth-order valence-electron chi connectivity index (χ4n) is 2.22. The zero-order valence-electron chi connectivity index (χ0n) is 10.3. The van der Waals surface area contributed by atoms with E-state index < -0.39 is 0 Å². The van der Waals surface area contributed by atoms with Crippen LogP contribution < -0.4 is 4.90 Å². The van der Waals surface area contributed by atoms with E-state index in [1.54, 1.807) is 12.4 Å². The van der Waals surface area contributed by atoms with Crippen molar-refractivity contribution in [1.29, 1.82) is 0 Å². The van der Waals surface area contributed by atoms with Crippen molar-refractivity contribution in [3.05, 3.63) is 17.5 Å². The van der Waals surface area contributed by atoms with E-state index in [9.17, 15) is 0 Å². The lowest BCUT2D eigenvalue weighted by Crippen LogP contribution is -2.22. The van der Waals surface area contributed by atoms with Crippen molar-refractivity contribution in [2.24, 2.45) is 11.8 Å². The standard InChI is InChI=1S/C12H18ClN3O/c1-3-17-8-10-7-16(6-9(10)2)12-11(13)14-4-5-15-12/h4-5,9-10H,3,6-8H2,1-2H3/t9-,10+/m1/s1. The minimum absolute atomic E-state index is 0.483. The maximum Gasteiger partial charge on any atom is 0.171 e. The molecule has 0 aromatic carbocycles. The maximum atomic E-state index is 6.06. The molecule has 2 rings (SSSR count). The zero-order valence-corrected chi connectivity index (χ0v) is 11.0. The summed E-state index contributed by atoms with van der Waals surface area (Å²) in [5.74, 6) is 1.94. The molecule has 1 fully saturated rings. The Balaban J connectivity index is 2.03. The minimum Gasteiger partial charge on any atom is -0.381 e. The predicted molar refractivity (Wildman–Crippen MR) is 68.4 cm³/mol. The van der Waals surface area contributed by atoms with Crippen LogP contribution in [0.15, 0.2) is 12.4 Å². The van der Waals surface area contributed by atoms with Crippen LogP contribution in [-0.2, 0) is 4.74 Å². The van der Waals surface area contributed by atoms with Gasteiger partial charge in [-0.1, -0.05) is 18.5 Å². The van der Waals surface area contributed by atoms with Crippen molar-refractivity contribution >= 4 is 17.4 Å². The van der Waals surface area contributed by atoms with E-state index in [2.05, 4.69) is 21.8 Å². The van der Waals surface area contributed by atoms with Crippen molar-refractivity contribution in [3.8, 4) is 0 Å². The van der Waals surface area contributed by atoms with Gasteiger partial charge in [-0.05, 0) is 12.8 Å². The summed E-state index contributed by atoms with van der Waals surface area (Å²) in [5, 5.41) is 0.483. The molecular formula is C12H18ClN3O. The number of rotatable bonds is 4. The molecule has 5 heteroatoms. The molecular weight excluding hydrogens is 238 g/mol. The highest BCUT2D eigenvalue weighted by Crippen LogP contribution is 2.30. The SMILES string of the molecule is CCOC[C@@H]1CN(c2nccnc2Cl)C[C@H]1C. The van der Waals surface area contributed by atoms with Gasteiger partial charge in [0.05, 0.1) is 6.61 Å². The van der Waals surface area contributed by atoms with Crippen molar-refractivity contribution < 1.29 is 4.74 Å². The van der Waals surface area contributed by atoms with Crippen molar-refractivity contribution in [3.63, 3.8) is 0 Å². The van der Waals surface area contributed by atoms with Crippen LogP contribution in [0.5, 0.6) is 0 Å². The lowest BCUT2D eigenvalue weighted by Gasteiger charge is -2.17. The van der Waals surface area contributed by atoms with Gasteiger partial charge in [-0.15, -0.1) is 0 Å². The molecule has 1 saturated heterocycles. The second-order valence-corrected chi connectivity index (χ2v) is 4.83. The first kappa shape index (κ1) is 12.6. The fraction of sp³-hybridized carbons (Fsp3) is 0.667. The topological polar surface area (TPSA) is 38.2 Å². The number of ether oxygens (including phenoxy) is 1. The predicted octanol–water partition coefficient (Wildman–Crippen LogP) is 2.24. The average molecular weight is 256 g/mol. The summed E-state index contributed by atoms with van der Waals surface area (Å²) in [5.41, 5.74) is 0. The molecule has 0 radical (unpaired) electrons. The number of anilines is 1. The molecule has 1 aromatic rings. The monoisotopic (exact) mass is 255 g/mol. The first-order valence-corrected chi connectivity index (χ1v) is 6.39. The van der Waals surface area contributed by atoms with Gasteiger partial charge >= 0.3 is 0 Å². The van der Waals surface area contributed by atoms with Gasteiger partial charge in [-0.3, -0.25) is 0 Å². The smallest absolute Gasteiger partial charge is 0.171 e. The van der Waals surface area contributed by atoms with E-state index in [-0.39, 0.29) is 0 Å². The third-order valence-corrected chi connectivity index (χ3v) is 3.51. The summed E-state index contributed by atoms with van der Waals surface area (Å²) in [7, 11) is 0. The number of nitrogens with zero attached hydrogens (tertiary/aromatic N) is 3. The van der Waals surface area contributed by atoms with Crippen LogP contribution >= 0.6 is 11.6 Å². The van der Waals surface area contributed by atoms with Crippen LogP contribution in [0.2, 0.25) is 5.15 Å². The Labute approximate surface area is 107 Å². The first-order chi connectivity index (χ1) is 8.22. The van der Waals surface area contributed by atoms with Crippen LogP contribution in [0, 0.1) is 11.8 Å². The van der Waals surface area contributed by atoms with Crippen LogP contribution in [0.4, 0.5) is 5.82 Å². The van der Waals surface area contributed by atoms with E-state index in [0.717, 1.165) is 32.1 Å². The van der Waals surface area contributed by atoms with Crippen LogP contribution in [0.1, 0.15) is 13.8 Å². The summed E-state index contributed by atoms with van der Waals surface area (Å²) >= 11 is 6.06. The van der Waals surface area contributed by atoms with Crippen LogP contribution in [-0.4, -0.2) is 36.3 Å². The molecule has 0 saturated carbocycles. The average Bonchev–Trinajstić information content (AvgIpc) is 2.68. The van der Waals surface area contributed by atoms with Crippen molar-refractivity contribution in [2.45, 2.75) is 13.8 Å².